The van der Waals surface area contributed by atoms with E-state index in [1.165, 1.54) is 6.20 Å². The van der Waals surface area contributed by atoms with E-state index in [-0.39, 0.29) is 0 Å². The zero-order chi connectivity index (χ0) is 7.56. The minimum absolute atomic E-state index is 0.551. The molecule has 0 saturated carbocycles. The van der Waals surface area contributed by atoms with Crippen molar-refractivity contribution in [1.29, 1.82) is 5.26 Å². The third-order valence-corrected chi connectivity index (χ3v) is 1.64. The molecule has 0 bridgehead atoms. The van der Waals surface area contributed by atoms with Crippen LogP contribution in [0.25, 0.3) is 0 Å². The van der Waals surface area contributed by atoms with Crippen molar-refractivity contribution in [3.8, 4) is 6.07 Å². The van der Waals surface area contributed by atoms with Gasteiger partial charge in [-0.3, -0.25) is 4.98 Å². The molecule has 2 nitrogen and oxygen atoms in total. The van der Waals surface area contributed by atoms with Crippen LogP contribution in [0.2, 0.25) is 0 Å². The lowest BCUT2D eigenvalue weighted by molar-refractivity contribution is 1.11. The van der Waals surface area contributed by atoms with Gasteiger partial charge in [-0.05, 0) is 13.0 Å². The van der Waals surface area contributed by atoms with Gasteiger partial charge in [0.25, 0.3) is 0 Å². The first kappa shape index (κ1) is 7.10. The Morgan fingerprint density at radius 1 is 1.70 bits per heavy atom. The van der Waals surface area contributed by atoms with Crippen molar-refractivity contribution in [3.05, 3.63) is 23.5 Å². The molecule has 10 heavy (non-hydrogen) atoms. The number of hydrogen-bond acceptors (Lipinski definition) is 3. The maximum atomic E-state index is 8.43. The predicted molar refractivity (Wildman–Crippen MR) is 40.9 cm³/mol. The van der Waals surface area contributed by atoms with Gasteiger partial charge in [0, 0.05) is 11.1 Å². The average molecular weight is 150 g/mol. The van der Waals surface area contributed by atoms with Gasteiger partial charge in [-0.15, -0.1) is 12.6 Å². The lowest BCUT2D eigenvalue weighted by Crippen LogP contribution is -1.84. The van der Waals surface area contributed by atoms with E-state index in [1.807, 2.05) is 13.0 Å². The maximum Gasteiger partial charge on any atom is 0.101 e. The van der Waals surface area contributed by atoms with Gasteiger partial charge in [-0.2, -0.15) is 5.26 Å². The van der Waals surface area contributed by atoms with Gasteiger partial charge in [-0.25, -0.2) is 0 Å². The van der Waals surface area contributed by atoms with Crippen LogP contribution in [0, 0.1) is 18.3 Å². The largest absolute Gasteiger partial charge is 0.259 e. The van der Waals surface area contributed by atoms with E-state index >= 15 is 0 Å². The van der Waals surface area contributed by atoms with Crippen molar-refractivity contribution in [3.63, 3.8) is 0 Å². The number of pyridine rings is 1. The van der Waals surface area contributed by atoms with Gasteiger partial charge in [0.2, 0.25) is 0 Å². The number of aromatic nitrogens is 1. The number of nitriles is 1. The highest BCUT2D eigenvalue weighted by Crippen LogP contribution is 2.10. The number of rotatable bonds is 0. The second-order valence-electron chi connectivity index (χ2n) is 1.94. The summed E-state index contributed by atoms with van der Waals surface area (Å²) in [6, 6.07) is 3.68. The fraction of sp³-hybridized carbons (Fsp3) is 0.143. The summed E-state index contributed by atoms with van der Waals surface area (Å²) in [6.07, 6.45) is 1.54. The number of thiol groups is 1. The molecule has 0 amide bonds. The molecular weight excluding hydrogens is 144 g/mol. The van der Waals surface area contributed by atoms with Crippen LogP contribution < -0.4 is 0 Å². The Morgan fingerprint density at radius 2 is 2.40 bits per heavy atom. The molecule has 0 unspecified atom stereocenters. The van der Waals surface area contributed by atoms with Crippen LogP contribution >= 0.6 is 12.6 Å². The Labute approximate surface area is 64.9 Å². The van der Waals surface area contributed by atoms with E-state index in [4.69, 9.17) is 5.26 Å². The normalized spacial score (nSPS) is 8.90. The van der Waals surface area contributed by atoms with Crippen molar-refractivity contribution in [1.82, 2.24) is 4.98 Å². The van der Waals surface area contributed by atoms with Gasteiger partial charge in [0.05, 0.1) is 11.3 Å². The predicted octanol–water partition coefficient (Wildman–Crippen LogP) is 1.55. The first-order valence-corrected chi connectivity index (χ1v) is 3.24. The highest BCUT2D eigenvalue weighted by molar-refractivity contribution is 7.80. The fourth-order valence-electron chi connectivity index (χ4n) is 0.583. The van der Waals surface area contributed by atoms with E-state index in [1.54, 1.807) is 6.07 Å². The summed E-state index contributed by atoms with van der Waals surface area (Å²) < 4.78 is 0. The summed E-state index contributed by atoms with van der Waals surface area (Å²) in [6.45, 7) is 1.85. The molecule has 0 fully saturated rings. The topological polar surface area (TPSA) is 36.7 Å². The Morgan fingerprint density at radius 3 is 2.90 bits per heavy atom. The molecule has 0 aliphatic rings. The van der Waals surface area contributed by atoms with E-state index in [0.29, 0.717) is 5.56 Å². The summed E-state index contributed by atoms with van der Waals surface area (Å²) in [5.41, 5.74) is 1.40. The maximum absolute atomic E-state index is 8.43. The Bertz CT molecular complexity index is 288. The van der Waals surface area contributed by atoms with E-state index in [9.17, 15) is 0 Å². The molecule has 3 heteroatoms. The van der Waals surface area contributed by atoms with Crippen molar-refractivity contribution in [2.24, 2.45) is 0 Å². The van der Waals surface area contributed by atoms with Crippen molar-refractivity contribution in [2.45, 2.75) is 11.8 Å². The third-order valence-electron chi connectivity index (χ3n) is 1.19. The van der Waals surface area contributed by atoms with Crippen LogP contribution in [0.3, 0.4) is 0 Å². The molecule has 0 radical (unpaired) electrons. The number of aryl methyl sites for hydroxylation is 1. The first-order chi connectivity index (χ1) is 4.74. The van der Waals surface area contributed by atoms with E-state index in [2.05, 4.69) is 17.6 Å². The van der Waals surface area contributed by atoms with Gasteiger partial charge in [-0.1, -0.05) is 0 Å². The minimum Gasteiger partial charge on any atom is -0.259 e. The lowest BCUT2D eigenvalue weighted by Gasteiger charge is -1.95. The van der Waals surface area contributed by atoms with Gasteiger partial charge >= 0.3 is 0 Å². The molecule has 1 aromatic rings. The van der Waals surface area contributed by atoms with E-state index < -0.39 is 0 Å². The summed E-state index contributed by atoms with van der Waals surface area (Å²) >= 11 is 4.11. The molecule has 0 aromatic carbocycles. The van der Waals surface area contributed by atoms with Crippen LogP contribution in [-0.4, -0.2) is 4.98 Å². The summed E-state index contributed by atoms with van der Waals surface area (Å²) in [5.74, 6) is 0. The molecule has 0 saturated heterocycles. The van der Waals surface area contributed by atoms with Crippen LogP contribution in [0.1, 0.15) is 11.3 Å². The second-order valence-corrected chi connectivity index (χ2v) is 2.42. The Kier molecular flexibility index (Phi) is 1.93. The fourth-order valence-corrected chi connectivity index (χ4v) is 0.779. The highest BCUT2D eigenvalue weighted by atomic mass is 32.1. The molecule has 0 aliphatic carbocycles. The van der Waals surface area contributed by atoms with Gasteiger partial charge < -0.3 is 0 Å². The SMILES string of the molecule is Cc1ncc(C#N)cc1S. The van der Waals surface area contributed by atoms with Crippen molar-refractivity contribution >= 4 is 12.6 Å². The van der Waals surface area contributed by atoms with Crippen LogP contribution in [-0.2, 0) is 0 Å². The van der Waals surface area contributed by atoms with Gasteiger partial charge in [0.1, 0.15) is 6.07 Å². The standard InChI is InChI=1S/C7H6N2S/c1-5-7(10)2-6(3-8)4-9-5/h2,4,10H,1H3. The second kappa shape index (κ2) is 2.72. The molecule has 0 spiro atoms. The molecule has 0 N–H and O–H groups in total. The molecule has 1 heterocycles. The highest BCUT2D eigenvalue weighted by Gasteiger charge is 1.94. The van der Waals surface area contributed by atoms with Crippen LogP contribution in [0.4, 0.5) is 0 Å². The summed E-state index contributed by atoms with van der Waals surface area (Å²) in [4.78, 5) is 4.71. The molecule has 50 valence electrons. The zero-order valence-electron chi connectivity index (χ0n) is 5.50. The average Bonchev–Trinajstić information content (AvgIpc) is 1.95. The lowest BCUT2D eigenvalue weighted by atomic mass is 10.3. The molecule has 0 aliphatic heterocycles. The Hall–Kier alpha value is -1.01. The summed E-state index contributed by atoms with van der Waals surface area (Å²) in [7, 11) is 0. The quantitative estimate of drug-likeness (QED) is 0.570. The molecule has 0 atom stereocenters. The number of hydrogen-bond donors (Lipinski definition) is 1. The monoisotopic (exact) mass is 150 g/mol. The first-order valence-electron chi connectivity index (χ1n) is 2.80. The van der Waals surface area contributed by atoms with Crippen LogP contribution in [0.15, 0.2) is 17.2 Å². The van der Waals surface area contributed by atoms with E-state index in [0.717, 1.165) is 10.6 Å². The molecular formula is C7H6N2S. The smallest absolute Gasteiger partial charge is 0.101 e. The molecule has 1 aromatic heterocycles. The number of nitrogens with zero attached hydrogens (tertiary/aromatic N) is 2. The van der Waals surface area contributed by atoms with Crippen LogP contribution in [0.5, 0.6) is 0 Å². The van der Waals surface area contributed by atoms with Crippen molar-refractivity contribution in [2.75, 3.05) is 0 Å². The summed E-state index contributed by atoms with van der Waals surface area (Å²) in [5, 5.41) is 8.43. The zero-order valence-corrected chi connectivity index (χ0v) is 6.39. The third kappa shape index (κ3) is 1.28. The Balaban J connectivity index is 3.20. The minimum atomic E-state index is 0.551. The van der Waals surface area contributed by atoms with Crippen molar-refractivity contribution < 1.29 is 0 Å². The van der Waals surface area contributed by atoms with Gasteiger partial charge in [0.15, 0.2) is 0 Å². The molecule has 1 rings (SSSR count).